The molecule has 2 aromatic carbocycles. The van der Waals surface area contributed by atoms with Crippen LogP contribution >= 0.6 is 0 Å². The zero-order chi connectivity index (χ0) is 14.7. The molecule has 0 fully saturated rings. The van der Waals surface area contributed by atoms with E-state index in [0.717, 1.165) is 10.9 Å². The van der Waals surface area contributed by atoms with Gasteiger partial charge < -0.3 is 9.47 Å². The molecule has 0 unspecified atom stereocenters. The molecule has 0 amide bonds. The fourth-order valence-electron chi connectivity index (χ4n) is 1.91. The first-order chi connectivity index (χ1) is 10.3. The van der Waals surface area contributed by atoms with Crippen LogP contribution in [0.3, 0.4) is 0 Å². The van der Waals surface area contributed by atoms with E-state index < -0.39 is 5.97 Å². The summed E-state index contributed by atoms with van der Waals surface area (Å²) in [6, 6.07) is 14.5. The van der Waals surface area contributed by atoms with Gasteiger partial charge in [0.2, 0.25) is 0 Å². The number of methoxy groups -OCH3 is 1. The first-order valence-electron chi connectivity index (χ1n) is 6.34. The minimum absolute atomic E-state index is 0.232. The largest absolute Gasteiger partial charge is 0.465 e. The van der Waals surface area contributed by atoms with Crippen molar-refractivity contribution in [3.05, 3.63) is 60.3 Å². The lowest BCUT2D eigenvalue weighted by Gasteiger charge is -2.06. The van der Waals surface area contributed by atoms with E-state index in [0.29, 0.717) is 11.3 Å². The quantitative estimate of drug-likeness (QED) is 0.689. The Morgan fingerprint density at radius 1 is 1.10 bits per heavy atom. The van der Waals surface area contributed by atoms with Gasteiger partial charge in [0.05, 0.1) is 18.2 Å². The van der Waals surface area contributed by atoms with Gasteiger partial charge in [0.25, 0.3) is 0 Å². The summed E-state index contributed by atoms with van der Waals surface area (Å²) in [4.78, 5) is 19.9. The van der Waals surface area contributed by atoms with Gasteiger partial charge >= 0.3 is 12.0 Å². The molecule has 3 aromatic rings. The monoisotopic (exact) mass is 280 g/mol. The fourth-order valence-corrected chi connectivity index (χ4v) is 1.91. The molecule has 5 nitrogen and oxygen atoms in total. The van der Waals surface area contributed by atoms with Crippen molar-refractivity contribution in [3.8, 4) is 11.8 Å². The molecular weight excluding hydrogens is 268 g/mol. The van der Waals surface area contributed by atoms with Gasteiger partial charge in [0, 0.05) is 11.6 Å². The predicted molar refractivity (Wildman–Crippen MR) is 77.4 cm³/mol. The number of para-hydroxylation sites is 1. The number of fused-ring (bicyclic) bond motifs is 1. The van der Waals surface area contributed by atoms with Crippen LogP contribution in [-0.4, -0.2) is 23.0 Å². The Morgan fingerprint density at radius 2 is 1.95 bits per heavy atom. The summed E-state index contributed by atoms with van der Waals surface area (Å²) in [5.41, 5.74) is 1.21. The lowest BCUT2D eigenvalue weighted by atomic mass is 10.2. The van der Waals surface area contributed by atoms with Gasteiger partial charge in [0.15, 0.2) is 0 Å². The standard InChI is InChI=1S/C16H12N2O3/c1-20-15(19)11-6-4-7-13(9-11)21-16-17-10-12-5-2-3-8-14(12)18-16/h2-10H,1H3. The number of aromatic nitrogens is 2. The second-order valence-corrected chi connectivity index (χ2v) is 4.33. The van der Waals surface area contributed by atoms with Crippen LogP contribution < -0.4 is 4.74 Å². The molecule has 0 atom stereocenters. The first-order valence-corrected chi connectivity index (χ1v) is 6.34. The highest BCUT2D eigenvalue weighted by Crippen LogP contribution is 2.21. The first kappa shape index (κ1) is 13.1. The maximum Gasteiger partial charge on any atom is 0.337 e. The van der Waals surface area contributed by atoms with Crippen molar-refractivity contribution < 1.29 is 14.3 Å². The van der Waals surface area contributed by atoms with Gasteiger partial charge in [0.1, 0.15) is 5.75 Å². The molecule has 0 aliphatic heterocycles. The number of nitrogens with zero attached hydrogens (tertiary/aromatic N) is 2. The molecule has 104 valence electrons. The minimum Gasteiger partial charge on any atom is -0.465 e. The highest BCUT2D eigenvalue weighted by Gasteiger charge is 2.08. The van der Waals surface area contributed by atoms with E-state index in [9.17, 15) is 4.79 Å². The molecule has 0 saturated carbocycles. The van der Waals surface area contributed by atoms with E-state index in [1.807, 2.05) is 24.3 Å². The van der Waals surface area contributed by atoms with Crippen LogP contribution in [0.25, 0.3) is 10.9 Å². The van der Waals surface area contributed by atoms with Crippen LogP contribution in [0.2, 0.25) is 0 Å². The normalized spacial score (nSPS) is 10.3. The second-order valence-electron chi connectivity index (χ2n) is 4.33. The van der Waals surface area contributed by atoms with Crippen LogP contribution in [0.5, 0.6) is 11.8 Å². The Kier molecular flexibility index (Phi) is 3.47. The van der Waals surface area contributed by atoms with E-state index in [2.05, 4.69) is 14.7 Å². The molecule has 3 rings (SSSR count). The van der Waals surface area contributed by atoms with Crippen LogP contribution in [-0.2, 0) is 4.74 Å². The van der Waals surface area contributed by atoms with Gasteiger partial charge in [-0.15, -0.1) is 0 Å². The summed E-state index contributed by atoms with van der Waals surface area (Å²) in [5.74, 6) is 0.0630. The van der Waals surface area contributed by atoms with Crippen molar-refractivity contribution in [2.24, 2.45) is 0 Å². The van der Waals surface area contributed by atoms with Crippen LogP contribution in [0.1, 0.15) is 10.4 Å². The summed E-state index contributed by atoms with van der Waals surface area (Å²) in [6.45, 7) is 0. The maximum absolute atomic E-state index is 11.5. The van der Waals surface area contributed by atoms with Crippen molar-refractivity contribution >= 4 is 16.9 Å². The Labute approximate surface area is 121 Å². The average molecular weight is 280 g/mol. The third-order valence-corrected chi connectivity index (χ3v) is 2.93. The summed E-state index contributed by atoms with van der Waals surface area (Å²) < 4.78 is 10.3. The number of carbonyl (C=O) groups is 1. The number of hydrogen-bond donors (Lipinski definition) is 0. The zero-order valence-electron chi connectivity index (χ0n) is 11.3. The lowest BCUT2D eigenvalue weighted by molar-refractivity contribution is 0.0600. The molecule has 1 heterocycles. The molecule has 0 radical (unpaired) electrons. The molecule has 0 bridgehead atoms. The molecule has 0 spiro atoms. The lowest BCUT2D eigenvalue weighted by Crippen LogP contribution is -2.01. The van der Waals surface area contributed by atoms with E-state index in [1.165, 1.54) is 7.11 Å². The van der Waals surface area contributed by atoms with Gasteiger partial charge in [-0.2, -0.15) is 4.98 Å². The van der Waals surface area contributed by atoms with Crippen molar-refractivity contribution in [2.75, 3.05) is 7.11 Å². The van der Waals surface area contributed by atoms with Crippen LogP contribution in [0, 0.1) is 0 Å². The molecule has 0 aliphatic carbocycles. The molecule has 21 heavy (non-hydrogen) atoms. The summed E-state index contributed by atoms with van der Waals surface area (Å²) in [6.07, 6.45) is 1.70. The third kappa shape index (κ3) is 2.81. The highest BCUT2D eigenvalue weighted by atomic mass is 16.5. The zero-order valence-corrected chi connectivity index (χ0v) is 11.3. The van der Waals surface area contributed by atoms with Crippen molar-refractivity contribution in [1.29, 1.82) is 0 Å². The SMILES string of the molecule is COC(=O)c1cccc(Oc2ncc3ccccc3n2)c1. The average Bonchev–Trinajstić information content (AvgIpc) is 2.54. The molecule has 0 aliphatic rings. The summed E-state index contributed by atoms with van der Waals surface area (Å²) in [7, 11) is 1.34. The Hall–Kier alpha value is -2.95. The second kappa shape index (κ2) is 5.58. The van der Waals surface area contributed by atoms with Crippen LogP contribution in [0.4, 0.5) is 0 Å². The molecule has 0 saturated heterocycles. The van der Waals surface area contributed by atoms with Crippen LogP contribution in [0.15, 0.2) is 54.7 Å². The van der Waals surface area contributed by atoms with Crippen molar-refractivity contribution in [3.63, 3.8) is 0 Å². The van der Waals surface area contributed by atoms with Gasteiger partial charge in [-0.25, -0.2) is 9.78 Å². The number of hydrogen-bond acceptors (Lipinski definition) is 5. The topological polar surface area (TPSA) is 61.3 Å². The number of esters is 1. The Balaban J connectivity index is 1.89. The smallest absolute Gasteiger partial charge is 0.337 e. The predicted octanol–water partition coefficient (Wildman–Crippen LogP) is 3.21. The van der Waals surface area contributed by atoms with E-state index in [4.69, 9.17) is 4.74 Å². The Bertz CT molecular complexity index is 802. The number of benzene rings is 2. The fraction of sp³-hybridized carbons (Fsp3) is 0.0625. The number of carbonyl (C=O) groups excluding carboxylic acids is 1. The van der Waals surface area contributed by atoms with E-state index in [-0.39, 0.29) is 6.01 Å². The van der Waals surface area contributed by atoms with Crippen molar-refractivity contribution in [1.82, 2.24) is 9.97 Å². The molecule has 1 aromatic heterocycles. The maximum atomic E-state index is 11.5. The van der Waals surface area contributed by atoms with Gasteiger partial charge in [-0.3, -0.25) is 0 Å². The van der Waals surface area contributed by atoms with Crippen molar-refractivity contribution in [2.45, 2.75) is 0 Å². The number of ether oxygens (including phenoxy) is 2. The third-order valence-electron chi connectivity index (χ3n) is 2.93. The molecular formula is C16H12N2O3. The minimum atomic E-state index is -0.417. The number of rotatable bonds is 3. The van der Waals surface area contributed by atoms with Gasteiger partial charge in [-0.1, -0.05) is 24.3 Å². The van der Waals surface area contributed by atoms with E-state index >= 15 is 0 Å². The Morgan fingerprint density at radius 3 is 2.81 bits per heavy atom. The molecule has 5 heteroatoms. The molecule has 0 N–H and O–H groups in total. The van der Waals surface area contributed by atoms with Gasteiger partial charge in [-0.05, 0) is 24.3 Å². The summed E-state index contributed by atoms with van der Waals surface area (Å²) in [5, 5.41) is 0.938. The van der Waals surface area contributed by atoms with E-state index in [1.54, 1.807) is 30.5 Å². The highest BCUT2D eigenvalue weighted by molar-refractivity contribution is 5.89. The summed E-state index contributed by atoms with van der Waals surface area (Å²) >= 11 is 0.